The number of anilines is 1. The Bertz CT molecular complexity index is 821. The predicted molar refractivity (Wildman–Crippen MR) is 93.9 cm³/mol. The Kier molecular flexibility index (Phi) is 4.01. The zero-order valence-electron chi connectivity index (χ0n) is 13.7. The van der Waals surface area contributed by atoms with Gasteiger partial charge >= 0.3 is 6.03 Å². The Morgan fingerprint density at radius 3 is 2.92 bits per heavy atom. The van der Waals surface area contributed by atoms with Crippen LogP contribution in [0.3, 0.4) is 0 Å². The van der Waals surface area contributed by atoms with E-state index in [0.29, 0.717) is 25.3 Å². The highest BCUT2D eigenvalue weighted by Gasteiger charge is 2.24. The van der Waals surface area contributed by atoms with Crippen LogP contribution in [-0.4, -0.2) is 31.6 Å². The number of urea groups is 1. The molecule has 25 heavy (non-hydrogen) atoms. The van der Waals surface area contributed by atoms with E-state index in [4.69, 9.17) is 4.74 Å². The second-order valence-electron chi connectivity index (χ2n) is 6.13. The number of ether oxygens (including phenoxy) is 1. The zero-order chi connectivity index (χ0) is 17.2. The second kappa shape index (κ2) is 6.47. The highest BCUT2D eigenvalue weighted by molar-refractivity contribution is 5.98. The molecule has 0 bridgehead atoms. The van der Waals surface area contributed by atoms with Crippen molar-refractivity contribution in [1.82, 2.24) is 10.6 Å². The van der Waals surface area contributed by atoms with Gasteiger partial charge in [0, 0.05) is 36.3 Å². The minimum absolute atomic E-state index is 0.0730. The van der Waals surface area contributed by atoms with Crippen LogP contribution in [-0.2, 0) is 0 Å². The molecule has 0 spiro atoms. The van der Waals surface area contributed by atoms with Gasteiger partial charge in [-0.1, -0.05) is 24.3 Å². The minimum atomic E-state index is -0.150. The monoisotopic (exact) mass is 337 g/mol. The molecule has 6 nitrogen and oxygen atoms in total. The molecule has 1 unspecified atom stereocenters. The quantitative estimate of drug-likeness (QED) is 0.904. The molecule has 2 heterocycles. The van der Waals surface area contributed by atoms with Crippen molar-refractivity contribution < 1.29 is 14.3 Å². The lowest BCUT2D eigenvalue weighted by Gasteiger charge is -2.26. The molecule has 2 aliphatic rings. The molecule has 128 valence electrons. The fourth-order valence-electron chi connectivity index (χ4n) is 3.27. The van der Waals surface area contributed by atoms with Gasteiger partial charge in [0.1, 0.15) is 5.75 Å². The van der Waals surface area contributed by atoms with Crippen LogP contribution in [0, 0.1) is 0 Å². The number of carbonyl (C=O) groups is 2. The van der Waals surface area contributed by atoms with Gasteiger partial charge in [-0.05, 0) is 24.3 Å². The fraction of sp³-hybridized carbons (Fsp3) is 0.263. The normalized spacial score (nSPS) is 19.0. The number of nitrogens with one attached hydrogen (secondary N) is 2. The van der Waals surface area contributed by atoms with Crippen molar-refractivity contribution in [2.75, 3.05) is 24.6 Å². The highest BCUT2D eigenvalue weighted by Crippen LogP contribution is 2.31. The van der Waals surface area contributed by atoms with Crippen molar-refractivity contribution in [2.24, 2.45) is 0 Å². The Hall–Kier alpha value is -3.02. The van der Waals surface area contributed by atoms with E-state index in [0.717, 1.165) is 23.4 Å². The lowest BCUT2D eigenvalue weighted by Crippen LogP contribution is -2.32. The second-order valence-corrected chi connectivity index (χ2v) is 6.13. The number of nitrogens with zero attached hydrogens (tertiary/aromatic N) is 1. The number of fused-ring (bicyclic) bond motifs is 1. The van der Waals surface area contributed by atoms with E-state index in [1.807, 2.05) is 30.3 Å². The Morgan fingerprint density at radius 1 is 1.20 bits per heavy atom. The lowest BCUT2D eigenvalue weighted by molar-refractivity contribution is 0.0924. The third-order valence-corrected chi connectivity index (χ3v) is 4.54. The summed E-state index contributed by atoms with van der Waals surface area (Å²) in [7, 11) is 0. The number of rotatable bonds is 3. The number of hydrogen-bond acceptors (Lipinski definition) is 3. The van der Waals surface area contributed by atoms with Gasteiger partial charge in [-0.25, -0.2) is 4.79 Å². The van der Waals surface area contributed by atoms with Crippen LogP contribution in [0.4, 0.5) is 10.5 Å². The summed E-state index contributed by atoms with van der Waals surface area (Å²) in [5.74, 6) is 0.671. The molecule has 2 aromatic carbocycles. The molecule has 1 saturated heterocycles. The van der Waals surface area contributed by atoms with Crippen LogP contribution in [0.2, 0.25) is 0 Å². The summed E-state index contributed by atoms with van der Waals surface area (Å²) in [6, 6.07) is 14.7. The van der Waals surface area contributed by atoms with Crippen molar-refractivity contribution in [3.63, 3.8) is 0 Å². The molecule has 3 amide bonds. The molecule has 2 aromatic rings. The fourth-order valence-corrected chi connectivity index (χ4v) is 3.27. The third-order valence-electron chi connectivity index (χ3n) is 4.54. The van der Waals surface area contributed by atoms with Crippen LogP contribution in [0.15, 0.2) is 48.5 Å². The van der Waals surface area contributed by atoms with E-state index in [1.165, 1.54) is 0 Å². The number of para-hydroxylation sites is 1. The van der Waals surface area contributed by atoms with Gasteiger partial charge in [0.15, 0.2) is 0 Å². The molecule has 2 N–H and O–H groups in total. The van der Waals surface area contributed by atoms with Crippen molar-refractivity contribution in [3.05, 3.63) is 59.7 Å². The van der Waals surface area contributed by atoms with Crippen molar-refractivity contribution in [3.8, 4) is 5.75 Å². The maximum Gasteiger partial charge on any atom is 0.321 e. The Labute approximate surface area is 145 Å². The molecule has 1 atom stereocenters. The van der Waals surface area contributed by atoms with Gasteiger partial charge in [-0.15, -0.1) is 0 Å². The van der Waals surface area contributed by atoms with Gasteiger partial charge in [-0.3, -0.25) is 9.69 Å². The molecular formula is C19H19N3O3. The van der Waals surface area contributed by atoms with Crippen LogP contribution in [0.5, 0.6) is 5.75 Å². The molecule has 2 aliphatic heterocycles. The third kappa shape index (κ3) is 3.03. The van der Waals surface area contributed by atoms with Crippen LogP contribution < -0.4 is 20.3 Å². The molecule has 6 heteroatoms. The number of carbonyl (C=O) groups excluding carboxylic acids is 2. The predicted octanol–water partition coefficient (Wildman–Crippen LogP) is 2.47. The molecule has 0 saturated carbocycles. The van der Waals surface area contributed by atoms with Crippen LogP contribution >= 0.6 is 0 Å². The first-order chi connectivity index (χ1) is 12.2. The first-order valence-electron chi connectivity index (χ1n) is 8.40. The van der Waals surface area contributed by atoms with Gasteiger partial charge in [0.2, 0.25) is 0 Å². The smallest absolute Gasteiger partial charge is 0.321 e. The van der Waals surface area contributed by atoms with Gasteiger partial charge in [0.25, 0.3) is 5.91 Å². The summed E-state index contributed by atoms with van der Waals surface area (Å²) < 4.78 is 5.64. The van der Waals surface area contributed by atoms with Crippen LogP contribution in [0.25, 0.3) is 0 Å². The number of hydrogen-bond donors (Lipinski definition) is 2. The number of benzene rings is 2. The summed E-state index contributed by atoms with van der Waals surface area (Å²) in [4.78, 5) is 26.2. The minimum Gasteiger partial charge on any atom is -0.493 e. The van der Waals surface area contributed by atoms with Crippen molar-refractivity contribution in [2.45, 2.75) is 12.5 Å². The summed E-state index contributed by atoms with van der Waals surface area (Å²) in [6.07, 6.45) is 0.733. The van der Waals surface area contributed by atoms with E-state index in [9.17, 15) is 9.59 Å². The molecule has 0 radical (unpaired) electrons. The number of amides is 3. The average molecular weight is 337 g/mol. The molecule has 4 rings (SSSR count). The largest absolute Gasteiger partial charge is 0.493 e. The van der Waals surface area contributed by atoms with Gasteiger partial charge in [0.05, 0.1) is 12.6 Å². The van der Waals surface area contributed by atoms with E-state index < -0.39 is 0 Å². The summed E-state index contributed by atoms with van der Waals surface area (Å²) >= 11 is 0. The lowest BCUT2D eigenvalue weighted by atomic mass is 10.00. The van der Waals surface area contributed by atoms with Gasteiger partial charge in [-0.2, -0.15) is 0 Å². The average Bonchev–Trinajstić information content (AvgIpc) is 3.08. The van der Waals surface area contributed by atoms with E-state index >= 15 is 0 Å². The molecule has 0 aromatic heterocycles. The van der Waals surface area contributed by atoms with Crippen LogP contribution in [0.1, 0.15) is 28.4 Å². The standard InChI is InChI=1S/C19H19N3O3/c23-18(21-16-8-11-25-17-7-2-1-6-15(16)17)13-4-3-5-14(12-13)22-10-9-20-19(22)24/h1-7,12,16H,8-11H2,(H,20,24)(H,21,23). The molecular weight excluding hydrogens is 318 g/mol. The zero-order valence-corrected chi connectivity index (χ0v) is 13.7. The maximum absolute atomic E-state index is 12.7. The highest BCUT2D eigenvalue weighted by atomic mass is 16.5. The van der Waals surface area contributed by atoms with Crippen molar-refractivity contribution in [1.29, 1.82) is 0 Å². The molecule has 1 fully saturated rings. The van der Waals surface area contributed by atoms with E-state index in [-0.39, 0.29) is 18.0 Å². The maximum atomic E-state index is 12.7. The topological polar surface area (TPSA) is 70.7 Å². The first kappa shape index (κ1) is 15.5. The molecule has 0 aliphatic carbocycles. The summed E-state index contributed by atoms with van der Waals surface area (Å²) in [6.45, 7) is 1.81. The Balaban J connectivity index is 1.53. The SMILES string of the molecule is O=C(NC1CCOc2ccccc21)c1cccc(N2CCNC2=O)c1. The van der Waals surface area contributed by atoms with E-state index in [2.05, 4.69) is 10.6 Å². The van der Waals surface area contributed by atoms with Crippen molar-refractivity contribution >= 4 is 17.6 Å². The first-order valence-corrected chi connectivity index (χ1v) is 8.40. The summed E-state index contributed by atoms with van der Waals surface area (Å²) in [5.41, 5.74) is 2.27. The van der Waals surface area contributed by atoms with Gasteiger partial charge < -0.3 is 15.4 Å². The van der Waals surface area contributed by atoms with E-state index in [1.54, 1.807) is 23.1 Å². The summed E-state index contributed by atoms with van der Waals surface area (Å²) in [5, 5.41) is 5.85. The Morgan fingerprint density at radius 2 is 2.08 bits per heavy atom.